The monoisotopic (exact) mass is 303 g/mol. The lowest BCUT2D eigenvalue weighted by atomic mass is 9.99. The molecule has 1 aliphatic carbocycles. The van der Waals surface area contributed by atoms with Crippen molar-refractivity contribution in [1.29, 1.82) is 0 Å². The van der Waals surface area contributed by atoms with E-state index in [1.165, 1.54) is 32.0 Å². The van der Waals surface area contributed by atoms with Crippen LogP contribution in [0.2, 0.25) is 0 Å². The summed E-state index contributed by atoms with van der Waals surface area (Å²) in [5.74, 6) is 2.25. The van der Waals surface area contributed by atoms with Gasteiger partial charge in [-0.3, -0.25) is 5.32 Å². The fraction of sp³-hybridized carbons (Fsp3) is 0.688. The molecule has 6 heteroatoms. The highest BCUT2D eigenvalue weighted by Crippen LogP contribution is 2.22. The second-order valence-corrected chi connectivity index (χ2v) is 6.51. The highest BCUT2D eigenvalue weighted by Gasteiger charge is 2.19. The normalized spacial score (nSPS) is 20.1. The van der Waals surface area contributed by atoms with E-state index in [9.17, 15) is 4.79 Å². The summed E-state index contributed by atoms with van der Waals surface area (Å²) in [5.41, 5.74) is 0. The van der Waals surface area contributed by atoms with Crippen LogP contribution in [0.25, 0.3) is 0 Å². The predicted octanol–water partition coefficient (Wildman–Crippen LogP) is 2.78. The second kappa shape index (κ2) is 6.94. The Balaban J connectivity index is 1.57. The number of piperidine rings is 1. The Morgan fingerprint density at radius 1 is 1.18 bits per heavy atom. The van der Waals surface area contributed by atoms with E-state index in [4.69, 9.17) is 0 Å². The van der Waals surface area contributed by atoms with E-state index in [0.717, 1.165) is 37.7 Å². The van der Waals surface area contributed by atoms with Crippen LogP contribution in [0.4, 0.5) is 16.4 Å². The van der Waals surface area contributed by atoms with Crippen molar-refractivity contribution in [3.8, 4) is 0 Å². The summed E-state index contributed by atoms with van der Waals surface area (Å²) in [5, 5.41) is 5.84. The molecule has 0 bridgehead atoms. The Morgan fingerprint density at radius 2 is 1.91 bits per heavy atom. The summed E-state index contributed by atoms with van der Waals surface area (Å²) in [6.45, 7) is 4.33. The zero-order valence-electron chi connectivity index (χ0n) is 13.2. The van der Waals surface area contributed by atoms with Crippen LogP contribution in [0.15, 0.2) is 12.4 Å². The molecule has 0 unspecified atom stereocenters. The molecule has 1 aromatic heterocycles. The number of nitrogens with zero attached hydrogens (tertiary/aromatic N) is 3. The summed E-state index contributed by atoms with van der Waals surface area (Å²) in [7, 11) is 0. The fourth-order valence-corrected chi connectivity index (χ4v) is 3.23. The summed E-state index contributed by atoms with van der Waals surface area (Å²) in [6.07, 6.45) is 8.47. The first-order chi connectivity index (χ1) is 10.7. The standard InChI is InChI=1S/C16H25N5O/c1-12-6-8-21(9-7-12)15-10-14(17-11-18-15)20-16(22)19-13-4-2-3-5-13/h10-13H,2-9H2,1H3,(H2,17,18,19,20,22). The van der Waals surface area contributed by atoms with Crippen molar-refractivity contribution in [1.82, 2.24) is 15.3 Å². The number of hydrogen-bond donors (Lipinski definition) is 2. The van der Waals surface area contributed by atoms with Crippen molar-refractivity contribution < 1.29 is 4.79 Å². The molecule has 0 spiro atoms. The molecule has 2 aliphatic rings. The number of carbonyl (C=O) groups is 1. The maximum absolute atomic E-state index is 12.0. The summed E-state index contributed by atoms with van der Waals surface area (Å²) in [6, 6.07) is 2.01. The zero-order chi connectivity index (χ0) is 15.4. The minimum Gasteiger partial charge on any atom is -0.356 e. The van der Waals surface area contributed by atoms with Crippen molar-refractivity contribution in [2.45, 2.75) is 51.5 Å². The molecule has 0 atom stereocenters. The number of anilines is 2. The number of nitrogens with one attached hydrogen (secondary N) is 2. The molecule has 22 heavy (non-hydrogen) atoms. The molecule has 1 aromatic rings. The average Bonchev–Trinajstić information content (AvgIpc) is 3.01. The minimum absolute atomic E-state index is 0.163. The van der Waals surface area contributed by atoms with Gasteiger partial charge in [0.25, 0.3) is 0 Å². The van der Waals surface area contributed by atoms with Gasteiger partial charge < -0.3 is 10.2 Å². The maximum Gasteiger partial charge on any atom is 0.320 e. The van der Waals surface area contributed by atoms with Crippen LogP contribution in [0.3, 0.4) is 0 Å². The van der Waals surface area contributed by atoms with E-state index in [1.54, 1.807) is 0 Å². The summed E-state index contributed by atoms with van der Waals surface area (Å²) < 4.78 is 0. The number of aromatic nitrogens is 2. The van der Waals surface area contributed by atoms with Gasteiger partial charge in [0.05, 0.1) is 0 Å². The molecule has 120 valence electrons. The van der Waals surface area contributed by atoms with Gasteiger partial charge in [0, 0.05) is 25.2 Å². The molecule has 1 saturated carbocycles. The van der Waals surface area contributed by atoms with Crippen LogP contribution in [0.1, 0.15) is 45.4 Å². The fourth-order valence-electron chi connectivity index (χ4n) is 3.23. The molecule has 0 aromatic carbocycles. The molecule has 2 N–H and O–H groups in total. The number of amides is 2. The SMILES string of the molecule is CC1CCN(c2cc(NC(=O)NC3CCCC3)ncn2)CC1. The summed E-state index contributed by atoms with van der Waals surface area (Å²) >= 11 is 0. The molecule has 0 radical (unpaired) electrons. The average molecular weight is 303 g/mol. The van der Waals surface area contributed by atoms with Gasteiger partial charge in [-0.15, -0.1) is 0 Å². The van der Waals surface area contributed by atoms with Crippen molar-refractivity contribution >= 4 is 17.7 Å². The van der Waals surface area contributed by atoms with Gasteiger partial charge in [0.1, 0.15) is 18.0 Å². The molecule has 1 saturated heterocycles. The quantitative estimate of drug-likeness (QED) is 0.901. The zero-order valence-corrected chi connectivity index (χ0v) is 13.2. The van der Waals surface area contributed by atoms with Gasteiger partial charge in [-0.1, -0.05) is 19.8 Å². The molecular formula is C16H25N5O. The largest absolute Gasteiger partial charge is 0.356 e. The predicted molar refractivity (Wildman–Crippen MR) is 87.1 cm³/mol. The van der Waals surface area contributed by atoms with Crippen molar-refractivity contribution in [3.05, 3.63) is 12.4 Å². The van der Waals surface area contributed by atoms with Gasteiger partial charge in [0.2, 0.25) is 0 Å². The van der Waals surface area contributed by atoms with Crippen molar-refractivity contribution in [2.75, 3.05) is 23.3 Å². The van der Waals surface area contributed by atoms with Crippen LogP contribution < -0.4 is 15.5 Å². The Bertz CT molecular complexity index is 507. The Morgan fingerprint density at radius 3 is 2.64 bits per heavy atom. The number of rotatable bonds is 3. The molecule has 3 rings (SSSR count). The topological polar surface area (TPSA) is 70.2 Å². The van der Waals surface area contributed by atoms with Gasteiger partial charge in [0.15, 0.2) is 0 Å². The minimum atomic E-state index is -0.163. The van der Waals surface area contributed by atoms with Crippen LogP contribution in [-0.2, 0) is 0 Å². The summed E-state index contributed by atoms with van der Waals surface area (Å²) in [4.78, 5) is 22.8. The lowest BCUT2D eigenvalue weighted by molar-refractivity contribution is 0.248. The van der Waals surface area contributed by atoms with Crippen LogP contribution in [0, 0.1) is 5.92 Å². The van der Waals surface area contributed by atoms with Gasteiger partial charge in [-0.2, -0.15) is 0 Å². The first-order valence-electron chi connectivity index (χ1n) is 8.35. The Kier molecular flexibility index (Phi) is 4.75. The van der Waals surface area contributed by atoms with Gasteiger partial charge >= 0.3 is 6.03 Å². The van der Waals surface area contributed by atoms with Crippen molar-refractivity contribution in [3.63, 3.8) is 0 Å². The van der Waals surface area contributed by atoms with Gasteiger partial charge in [-0.25, -0.2) is 14.8 Å². The van der Waals surface area contributed by atoms with E-state index in [-0.39, 0.29) is 6.03 Å². The Labute approximate surface area is 131 Å². The maximum atomic E-state index is 12.0. The number of carbonyl (C=O) groups excluding carboxylic acids is 1. The van der Waals surface area contributed by atoms with Gasteiger partial charge in [-0.05, 0) is 31.6 Å². The van der Waals surface area contributed by atoms with E-state index in [2.05, 4.69) is 32.4 Å². The molecule has 6 nitrogen and oxygen atoms in total. The highest BCUT2D eigenvalue weighted by molar-refractivity contribution is 5.88. The first-order valence-corrected chi connectivity index (χ1v) is 8.35. The third kappa shape index (κ3) is 3.87. The van der Waals surface area contributed by atoms with E-state index >= 15 is 0 Å². The third-order valence-electron chi connectivity index (χ3n) is 4.69. The number of hydrogen-bond acceptors (Lipinski definition) is 4. The van der Waals surface area contributed by atoms with Crippen LogP contribution >= 0.6 is 0 Å². The van der Waals surface area contributed by atoms with Crippen LogP contribution in [0.5, 0.6) is 0 Å². The Hall–Kier alpha value is -1.85. The lowest BCUT2D eigenvalue weighted by Crippen LogP contribution is -2.36. The smallest absolute Gasteiger partial charge is 0.320 e. The lowest BCUT2D eigenvalue weighted by Gasteiger charge is -2.31. The van der Waals surface area contributed by atoms with E-state index in [0.29, 0.717) is 11.9 Å². The second-order valence-electron chi connectivity index (χ2n) is 6.51. The van der Waals surface area contributed by atoms with Crippen molar-refractivity contribution in [2.24, 2.45) is 5.92 Å². The van der Waals surface area contributed by atoms with E-state index < -0.39 is 0 Å². The molecular weight excluding hydrogens is 278 g/mol. The number of urea groups is 1. The third-order valence-corrected chi connectivity index (χ3v) is 4.69. The van der Waals surface area contributed by atoms with E-state index in [1.807, 2.05) is 6.07 Å². The molecule has 1 aliphatic heterocycles. The molecule has 2 fully saturated rings. The molecule has 2 heterocycles. The highest BCUT2D eigenvalue weighted by atomic mass is 16.2. The molecule has 2 amide bonds. The van der Waals surface area contributed by atoms with Crippen LogP contribution in [-0.4, -0.2) is 35.1 Å². The first kappa shape index (κ1) is 15.1.